The van der Waals surface area contributed by atoms with Crippen LogP contribution in [0.15, 0.2) is 60.7 Å². The van der Waals surface area contributed by atoms with Crippen molar-refractivity contribution in [2.75, 3.05) is 7.11 Å². The number of methoxy groups -OCH3 is 1. The molecule has 0 aliphatic heterocycles. The van der Waals surface area contributed by atoms with Crippen molar-refractivity contribution in [1.82, 2.24) is 0 Å². The Bertz CT molecular complexity index is 839. The first-order valence-corrected chi connectivity index (χ1v) is 6.75. The van der Waals surface area contributed by atoms with Crippen LogP contribution in [-0.4, -0.2) is 18.2 Å². The van der Waals surface area contributed by atoms with E-state index in [0.717, 1.165) is 10.8 Å². The molecule has 0 amide bonds. The van der Waals surface area contributed by atoms with Crippen molar-refractivity contribution in [3.05, 3.63) is 66.2 Å². The number of fused-ring (bicyclic) bond motifs is 1. The molecule has 0 radical (unpaired) electrons. The van der Waals surface area contributed by atoms with E-state index in [2.05, 4.69) is 0 Å². The molecule has 3 aromatic carbocycles. The van der Waals surface area contributed by atoms with E-state index in [0.29, 0.717) is 17.1 Å². The van der Waals surface area contributed by atoms with Crippen LogP contribution >= 0.6 is 0 Å². The van der Waals surface area contributed by atoms with Gasteiger partial charge in [0.15, 0.2) is 0 Å². The number of rotatable bonds is 3. The van der Waals surface area contributed by atoms with Gasteiger partial charge in [-0.3, -0.25) is 0 Å². The maximum absolute atomic E-state index is 12.2. The molecule has 3 rings (SSSR count). The van der Waals surface area contributed by atoms with Gasteiger partial charge in [0.2, 0.25) is 0 Å². The molecular formula is C18H14O4. The largest absolute Gasteiger partial charge is 0.508 e. The zero-order valence-corrected chi connectivity index (χ0v) is 11.9. The van der Waals surface area contributed by atoms with Gasteiger partial charge in [0.05, 0.1) is 7.11 Å². The van der Waals surface area contributed by atoms with Crippen LogP contribution in [0.5, 0.6) is 17.2 Å². The first kappa shape index (κ1) is 13.9. The molecule has 0 atom stereocenters. The average molecular weight is 294 g/mol. The van der Waals surface area contributed by atoms with Gasteiger partial charge in [0, 0.05) is 0 Å². The molecule has 0 aromatic heterocycles. The Morgan fingerprint density at radius 2 is 1.73 bits per heavy atom. The summed E-state index contributed by atoms with van der Waals surface area (Å²) in [5.41, 5.74) is 0.362. The Balaban J connectivity index is 1.90. The topological polar surface area (TPSA) is 55.8 Å². The van der Waals surface area contributed by atoms with Crippen molar-refractivity contribution in [3.63, 3.8) is 0 Å². The molecule has 0 fully saturated rings. The van der Waals surface area contributed by atoms with Crippen molar-refractivity contribution in [1.29, 1.82) is 0 Å². The third-order valence-corrected chi connectivity index (χ3v) is 3.33. The summed E-state index contributed by atoms with van der Waals surface area (Å²) in [6, 6.07) is 17.2. The van der Waals surface area contributed by atoms with Crippen LogP contribution in [0, 0.1) is 0 Å². The van der Waals surface area contributed by atoms with E-state index in [-0.39, 0.29) is 5.75 Å². The number of esters is 1. The maximum atomic E-state index is 12.2. The summed E-state index contributed by atoms with van der Waals surface area (Å²) in [5.74, 6) is 0.553. The van der Waals surface area contributed by atoms with Crippen LogP contribution in [0.3, 0.4) is 0 Å². The van der Waals surface area contributed by atoms with E-state index >= 15 is 0 Å². The molecule has 0 heterocycles. The van der Waals surface area contributed by atoms with E-state index in [4.69, 9.17) is 9.47 Å². The number of phenols is 1. The second kappa shape index (κ2) is 5.77. The molecule has 4 nitrogen and oxygen atoms in total. The molecule has 3 aromatic rings. The Labute approximate surface area is 127 Å². The summed E-state index contributed by atoms with van der Waals surface area (Å²) in [6.45, 7) is 0. The van der Waals surface area contributed by atoms with E-state index in [1.54, 1.807) is 54.6 Å². The van der Waals surface area contributed by atoms with Crippen LogP contribution in [0.4, 0.5) is 0 Å². The van der Waals surface area contributed by atoms with Crippen LogP contribution in [0.2, 0.25) is 0 Å². The van der Waals surface area contributed by atoms with E-state index < -0.39 is 5.97 Å². The fourth-order valence-corrected chi connectivity index (χ4v) is 2.25. The minimum Gasteiger partial charge on any atom is -0.508 e. The predicted octanol–water partition coefficient (Wildman–Crippen LogP) is 3.77. The van der Waals surface area contributed by atoms with Crippen LogP contribution in [0.25, 0.3) is 10.8 Å². The number of carbonyl (C=O) groups is 1. The van der Waals surface area contributed by atoms with E-state index in [1.165, 1.54) is 7.11 Å². The average Bonchev–Trinajstić information content (AvgIpc) is 2.54. The highest BCUT2D eigenvalue weighted by Crippen LogP contribution is 2.26. The number of para-hydroxylation sites is 1. The summed E-state index contributed by atoms with van der Waals surface area (Å²) in [5, 5.41) is 11.3. The SMILES string of the molecule is COc1ccccc1C(=O)Oc1ccc2ccc(O)cc2c1. The predicted molar refractivity (Wildman–Crippen MR) is 83.6 cm³/mol. The number of benzene rings is 3. The molecule has 0 bridgehead atoms. The van der Waals surface area contributed by atoms with Gasteiger partial charge in [-0.1, -0.05) is 24.3 Å². The smallest absolute Gasteiger partial charge is 0.347 e. The molecule has 0 aliphatic carbocycles. The quantitative estimate of drug-likeness (QED) is 0.590. The number of ether oxygens (including phenoxy) is 2. The Kier molecular flexibility index (Phi) is 3.66. The normalized spacial score (nSPS) is 10.4. The molecule has 0 saturated carbocycles. The molecule has 110 valence electrons. The molecule has 1 N–H and O–H groups in total. The molecule has 0 aliphatic rings. The Morgan fingerprint density at radius 1 is 0.955 bits per heavy atom. The van der Waals surface area contributed by atoms with Crippen molar-refractivity contribution in [2.45, 2.75) is 0 Å². The zero-order valence-electron chi connectivity index (χ0n) is 11.9. The van der Waals surface area contributed by atoms with E-state index in [1.807, 2.05) is 6.07 Å². The Morgan fingerprint density at radius 3 is 2.55 bits per heavy atom. The van der Waals surface area contributed by atoms with Gasteiger partial charge in [-0.25, -0.2) is 4.79 Å². The lowest BCUT2D eigenvalue weighted by molar-refractivity contribution is 0.0731. The summed E-state index contributed by atoms with van der Waals surface area (Å²) in [4.78, 5) is 12.2. The summed E-state index contributed by atoms with van der Waals surface area (Å²) < 4.78 is 10.5. The van der Waals surface area contributed by atoms with Gasteiger partial charge in [-0.05, 0) is 47.2 Å². The molecule has 0 unspecified atom stereocenters. The number of aromatic hydroxyl groups is 1. The number of hydrogen-bond acceptors (Lipinski definition) is 4. The lowest BCUT2D eigenvalue weighted by Gasteiger charge is -2.09. The fourth-order valence-electron chi connectivity index (χ4n) is 2.25. The van der Waals surface area contributed by atoms with Gasteiger partial charge < -0.3 is 14.6 Å². The second-order valence-electron chi connectivity index (χ2n) is 4.78. The number of carbonyl (C=O) groups excluding carboxylic acids is 1. The van der Waals surface area contributed by atoms with Crippen LogP contribution in [-0.2, 0) is 0 Å². The Hall–Kier alpha value is -3.01. The summed E-state index contributed by atoms with van der Waals surface area (Å²) in [7, 11) is 1.50. The van der Waals surface area contributed by atoms with Gasteiger partial charge in [-0.15, -0.1) is 0 Å². The van der Waals surface area contributed by atoms with Crippen LogP contribution < -0.4 is 9.47 Å². The van der Waals surface area contributed by atoms with E-state index in [9.17, 15) is 9.90 Å². The second-order valence-corrected chi connectivity index (χ2v) is 4.78. The molecule has 4 heteroatoms. The van der Waals surface area contributed by atoms with Crippen molar-refractivity contribution < 1.29 is 19.4 Å². The number of hydrogen-bond donors (Lipinski definition) is 1. The molecule has 22 heavy (non-hydrogen) atoms. The zero-order chi connectivity index (χ0) is 15.5. The fraction of sp³-hybridized carbons (Fsp3) is 0.0556. The van der Waals surface area contributed by atoms with Gasteiger partial charge in [0.1, 0.15) is 22.8 Å². The first-order valence-electron chi connectivity index (χ1n) is 6.75. The van der Waals surface area contributed by atoms with Crippen molar-refractivity contribution in [2.24, 2.45) is 0 Å². The first-order chi connectivity index (χ1) is 10.7. The highest BCUT2D eigenvalue weighted by atomic mass is 16.5. The third kappa shape index (κ3) is 2.72. The van der Waals surface area contributed by atoms with Gasteiger partial charge in [0.25, 0.3) is 0 Å². The lowest BCUT2D eigenvalue weighted by atomic mass is 10.1. The van der Waals surface area contributed by atoms with Gasteiger partial charge in [-0.2, -0.15) is 0 Å². The van der Waals surface area contributed by atoms with Crippen molar-refractivity contribution in [3.8, 4) is 17.2 Å². The van der Waals surface area contributed by atoms with Gasteiger partial charge >= 0.3 is 5.97 Å². The summed E-state index contributed by atoms with van der Waals surface area (Å²) in [6.07, 6.45) is 0. The van der Waals surface area contributed by atoms with Crippen molar-refractivity contribution >= 4 is 16.7 Å². The minimum atomic E-state index is -0.489. The lowest BCUT2D eigenvalue weighted by Crippen LogP contribution is -2.09. The minimum absolute atomic E-state index is 0.167. The maximum Gasteiger partial charge on any atom is 0.347 e. The standard InChI is InChI=1S/C18H14O4/c1-21-17-5-3-2-4-16(17)18(20)22-15-9-7-12-6-8-14(19)10-13(12)11-15/h2-11,19H,1H3. The molecule has 0 saturated heterocycles. The monoisotopic (exact) mass is 294 g/mol. The molecular weight excluding hydrogens is 280 g/mol. The number of phenolic OH excluding ortho intramolecular Hbond substituents is 1. The van der Waals surface area contributed by atoms with Crippen LogP contribution in [0.1, 0.15) is 10.4 Å². The summed E-state index contributed by atoms with van der Waals surface area (Å²) >= 11 is 0. The molecule has 0 spiro atoms. The third-order valence-electron chi connectivity index (χ3n) is 3.33. The highest BCUT2D eigenvalue weighted by Gasteiger charge is 2.14. The highest BCUT2D eigenvalue weighted by molar-refractivity contribution is 5.94.